The number of nitrogens with zero attached hydrogens (tertiary/aromatic N) is 1. The summed E-state index contributed by atoms with van der Waals surface area (Å²) in [5.41, 5.74) is 1.78. The van der Waals surface area contributed by atoms with E-state index >= 15 is 0 Å². The van der Waals surface area contributed by atoms with Gasteiger partial charge in [-0.3, -0.25) is 4.79 Å². The van der Waals surface area contributed by atoms with Crippen LogP contribution in [0.1, 0.15) is 15.9 Å². The van der Waals surface area contributed by atoms with E-state index in [2.05, 4.69) is 32.9 Å². The largest absolute Gasteiger partial charge is 0.497 e. The molecule has 0 radical (unpaired) electrons. The van der Waals surface area contributed by atoms with E-state index in [0.29, 0.717) is 47.7 Å². The highest BCUT2D eigenvalue weighted by Gasteiger charge is 2.24. The van der Waals surface area contributed by atoms with Gasteiger partial charge in [-0.2, -0.15) is 0 Å². The number of aliphatic imine (C=N–C) groups is 1. The first-order valence-corrected chi connectivity index (χ1v) is 12.5. The van der Waals surface area contributed by atoms with Crippen LogP contribution in [0.3, 0.4) is 0 Å². The fourth-order valence-corrected chi connectivity index (χ4v) is 4.78. The Balaban J connectivity index is 1.53. The minimum absolute atomic E-state index is 0.253. The second-order valence-corrected chi connectivity index (χ2v) is 9.52. The monoisotopic (exact) mass is 616 g/mol. The van der Waals surface area contributed by atoms with Gasteiger partial charge in [0.05, 0.1) is 41.1 Å². The Morgan fingerprint density at radius 3 is 2.19 bits per heavy atom. The molecule has 0 aliphatic carbocycles. The summed E-state index contributed by atoms with van der Waals surface area (Å²) in [6.45, 7) is 0. The maximum absolute atomic E-state index is 12.7. The van der Waals surface area contributed by atoms with Crippen molar-refractivity contribution in [3.63, 3.8) is 0 Å². The molecule has 0 spiro atoms. The number of amides is 1. The first kappa shape index (κ1) is 25.6. The smallest absolute Gasteiger partial charge is 0.343 e. The van der Waals surface area contributed by atoms with Crippen molar-refractivity contribution in [2.45, 2.75) is 0 Å². The summed E-state index contributed by atoms with van der Waals surface area (Å²) in [7, 11) is 4.64. The number of hydrogen-bond acceptors (Lipinski definition) is 8. The topological polar surface area (TPSA) is 95.5 Å². The lowest BCUT2D eigenvalue weighted by molar-refractivity contribution is -0.115. The first-order chi connectivity index (χ1) is 17.4. The van der Waals surface area contributed by atoms with Crippen LogP contribution in [-0.4, -0.2) is 38.4 Å². The van der Waals surface area contributed by atoms with Crippen molar-refractivity contribution >= 4 is 63.2 Å². The summed E-state index contributed by atoms with van der Waals surface area (Å²) in [6, 6.07) is 17.3. The number of hydrogen-bond donors (Lipinski definition) is 1. The molecule has 36 heavy (non-hydrogen) atoms. The number of benzene rings is 3. The van der Waals surface area contributed by atoms with E-state index in [9.17, 15) is 9.59 Å². The zero-order valence-corrected chi connectivity index (χ0v) is 22.5. The van der Waals surface area contributed by atoms with Crippen LogP contribution in [0.15, 0.2) is 70.6 Å². The molecule has 1 fully saturated rings. The molecule has 10 heteroatoms. The van der Waals surface area contributed by atoms with Crippen LogP contribution >= 0.6 is 34.4 Å². The fourth-order valence-electron chi connectivity index (χ4n) is 3.21. The molecule has 0 aromatic heterocycles. The lowest BCUT2D eigenvalue weighted by Crippen LogP contribution is -2.19. The van der Waals surface area contributed by atoms with Crippen molar-refractivity contribution in [3.8, 4) is 23.0 Å². The number of amidine groups is 1. The van der Waals surface area contributed by atoms with Crippen LogP contribution in [0, 0.1) is 3.57 Å². The highest BCUT2D eigenvalue weighted by atomic mass is 127. The molecule has 1 aliphatic rings. The summed E-state index contributed by atoms with van der Waals surface area (Å²) in [5, 5.41) is 3.25. The minimum Gasteiger partial charge on any atom is -0.497 e. The average Bonchev–Trinajstić information content (AvgIpc) is 3.23. The third kappa shape index (κ3) is 6.00. The standard InChI is InChI=1S/C26H21IN2O6S/c1-32-18-8-4-16(5-9-18)25(31)35-23-20(27)12-15(13-21(23)34-3)14-22-24(30)29-26(36-22)28-17-6-10-19(33-2)11-7-17/h4-14H,1-3H3,(H,28,29,30)/b22-14-. The zero-order valence-electron chi connectivity index (χ0n) is 19.5. The number of ether oxygens (including phenoxy) is 4. The van der Waals surface area contributed by atoms with Gasteiger partial charge in [0.25, 0.3) is 5.91 Å². The number of carbonyl (C=O) groups excluding carboxylic acids is 2. The van der Waals surface area contributed by atoms with Gasteiger partial charge >= 0.3 is 5.97 Å². The number of rotatable bonds is 7. The summed E-state index contributed by atoms with van der Waals surface area (Å²) >= 11 is 3.30. The van der Waals surface area contributed by atoms with Crippen LogP contribution in [0.25, 0.3) is 6.08 Å². The van der Waals surface area contributed by atoms with Gasteiger partial charge in [0.15, 0.2) is 16.7 Å². The fraction of sp³-hybridized carbons (Fsp3) is 0.115. The maximum atomic E-state index is 12.7. The minimum atomic E-state index is -0.523. The highest BCUT2D eigenvalue weighted by molar-refractivity contribution is 14.1. The number of nitrogens with one attached hydrogen (secondary N) is 1. The molecule has 0 unspecified atom stereocenters. The molecular formula is C26H21IN2O6S. The lowest BCUT2D eigenvalue weighted by Gasteiger charge is -2.12. The van der Waals surface area contributed by atoms with Gasteiger partial charge < -0.3 is 24.3 Å². The van der Waals surface area contributed by atoms with Gasteiger partial charge in [0, 0.05) is 0 Å². The van der Waals surface area contributed by atoms with Crippen molar-refractivity contribution in [2.75, 3.05) is 21.3 Å². The van der Waals surface area contributed by atoms with Crippen LogP contribution in [0.2, 0.25) is 0 Å². The molecule has 1 amide bonds. The van der Waals surface area contributed by atoms with Crippen LogP contribution in [0.5, 0.6) is 23.0 Å². The van der Waals surface area contributed by atoms with Crippen LogP contribution in [-0.2, 0) is 4.79 Å². The highest BCUT2D eigenvalue weighted by Crippen LogP contribution is 2.36. The second-order valence-electron chi connectivity index (χ2n) is 7.33. The molecule has 1 saturated heterocycles. The van der Waals surface area contributed by atoms with E-state index in [1.807, 2.05) is 0 Å². The van der Waals surface area contributed by atoms with E-state index in [1.54, 1.807) is 81.0 Å². The zero-order chi connectivity index (χ0) is 25.7. The van der Waals surface area contributed by atoms with E-state index in [4.69, 9.17) is 18.9 Å². The average molecular weight is 616 g/mol. The molecule has 3 aromatic rings. The summed E-state index contributed by atoms with van der Waals surface area (Å²) < 4.78 is 22.0. The molecule has 184 valence electrons. The van der Waals surface area contributed by atoms with Gasteiger partial charge in [-0.05, 0) is 107 Å². The van der Waals surface area contributed by atoms with Crippen molar-refractivity contribution < 1.29 is 28.5 Å². The summed E-state index contributed by atoms with van der Waals surface area (Å²) in [5.74, 6) is 1.25. The molecule has 4 rings (SSSR count). The number of methoxy groups -OCH3 is 3. The third-order valence-corrected chi connectivity index (χ3v) is 6.74. The summed E-state index contributed by atoms with van der Waals surface area (Å²) in [6.07, 6.45) is 1.73. The molecular weight excluding hydrogens is 595 g/mol. The Labute approximate surface area is 225 Å². The van der Waals surface area contributed by atoms with Crippen LogP contribution in [0.4, 0.5) is 5.69 Å². The normalized spacial score (nSPS) is 15.1. The molecule has 1 N–H and O–H groups in total. The Morgan fingerprint density at radius 2 is 1.58 bits per heavy atom. The Kier molecular flexibility index (Phi) is 8.16. The third-order valence-electron chi connectivity index (χ3n) is 5.02. The molecule has 3 aromatic carbocycles. The van der Waals surface area contributed by atoms with Crippen molar-refractivity contribution in [2.24, 2.45) is 4.99 Å². The Hall–Kier alpha value is -3.51. The van der Waals surface area contributed by atoms with Gasteiger partial charge in [-0.15, -0.1) is 0 Å². The van der Waals surface area contributed by atoms with Crippen molar-refractivity contribution in [3.05, 3.63) is 80.3 Å². The molecule has 1 aliphatic heterocycles. The molecule has 0 saturated carbocycles. The van der Waals surface area contributed by atoms with Gasteiger partial charge in [0.2, 0.25) is 0 Å². The van der Waals surface area contributed by atoms with E-state index in [1.165, 1.54) is 18.9 Å². The number of halogens is 1. The summed E-state index contributed by atoms with van der Waals surface area (Å²) in [4.78, 5) is 30.1. The van der Waals surface area contributed by atoms with E-state index in [0.717, 1.165) is 5.75 Å². The van der Waals surface area contributed by atoms with E-state index in [-0.39, 0.29) is 5.91 Å². The van der Waals surface area contributed by atoms with Gasteiger partial charge in [-0.25, -0.2) is 9.79 Å². The predicted octanol–water partition coefficient (Wildman–Crippen LogP) is 5.43. The molecule has 1 heterocycles. The molecule has 0 bridgehead atoms. The SMILES string of the molecule is COc1ccc(N=C2NC(=O)/C(=C/c3cc(I)c(OC(=O)c4ccc(OC)cc4)c(OC)c3)S2)cc1. The van der Waals surface area contributed by atoms with E-state index < -0.39 is 5.97 Å². The Bertz CT molecular complexity index is 1350. The maximum Gasteiger partial charge on any atom is 0.343 e. The number of carbonyl (C=O) groups is 2. The number of esters is 1. The first-order valence-electron chi connectivity index (χ1n) is 10.6. The molecule has 0 atom stereocenters. The van der Waals surface area contributed by atoms with Crippen molar-refractivity contribution in [1.82, 2.24) is 5.32 Å². The molecule has 8 nitrogen and oxygen atoms in total. The lowest BCUT2D eigenvalue weighted by atomic mass is 10.1. The van der Waals surface area contributed by atoms with Crippen molar-refractivity contribution in [1.29, 1.82) is 0 Å². The van der Waals surface area contributed by atoms with Gasteiger partial charge in [-0.1, -0.05) is 0 Å². The predicted molar refractivity (Wildman–Crippen MR) is 147 cm³/mol. The van der Waals surface area contributed by atoms with Gasteiger partial charge in [0.1, 0.15) is 11.5 Å². The second kappa shape index (κ2) is 11.5. The number of thioether (sulfide) groups is 1. The van der Waals surface area contributed by atoms with Crippen LogP contribution < -0.4 is 24.3 Å². The Morgan fingerprint density at radius 1 is 0.944 bits per heavy atom. The quantitative estimate of drug-likeness (QED) is 0.164.